The fourth-order valence-corrected chi connectivity index (χ4v) is 3.66. The van der Waals surface area contributed by atoms with E-state index in [0.29, 0.717) is 11.1 Å². The molecule has 0 saturated heterocycles. The summed E-state index contributed by atoms with van der Waals surface area (Å²) in [6.45, 7) is 0. The molecule has 1 aliphatic rings. The fourth-order valence-electron chi connectivity index (χ4n) is 3.66. The lowest BCUT2D eigenvalue weighted by Gasteiger charge is -2.40. The number of phenols is 4. The van der Waals surface area contributed by atoms with Crippen molar-refractivity contribution in [1.82, 2.24) is 0 Å². The number of esters is 2. The zero-order valence-corrected chi connectivity index (χ0v) is 19.1. The van der Waals surface area contributed by atoms with Gasteiger partial charge in [0.1, 0.15) is 6.10 Å². The summed E-state index contributed by atoms with van der Waals surface area (Å²) in [6, 6.07) is 7.50. The van der Waals surface area contributed by atoms with Gasteiger partial charge in [-0.15, -0.1) is 0 Å². The molecule has 1 fully saturated rings. The molecule has 0 heterocycles. The summed E-state index contributed by atoms with van der Waals surface area (Å²) in [6.07, 6.45) is -1.86. The Morgan fingerprint density at radius 2 is 1.27 bits per heavy atom. The largest absolute Gasteiger partial charge is 0.504 e. The molecule has 0 bridgehead atoms. The maximum absolute atomic E-state index is 12.4. The molecule has 12 heteroatoms. The second-order valence-electron chi connectivity index (χ2n) is 8.35. The van der Waals surface area contributed by atoms with E-state index in [2.05, 4.69) is 0 Å². The normalized spacial score (nSPS) is 23.7. The van der Waals surface area contributed by atoms with Gasteiger partial charge in [0.15, 0.2) is 34.7 Å². The smallest absolute Gasteiger partial charge is 0.335 e. The van der Waals surface area contributed by atoms with Gasteiger partial charge in [0.25, 0.3) is 0 Å². The Balaban J connectivity index is 1.75. The van der Waals surface area contributed by atoms with Crippen molar-refractivity contribution in [3.8, 4) is 23.0 Å². The number of aromatic hydroxyl groups is 4. The molecule has 0 radical (unpaired) electrons. The number of phenolic OH excluding ortho intramolecular Hbond substituents is 4. The number of ether oxygens (including phenoxy) is 2. The van der Waals surface area contributed by atoms with E-state index in [-0.39, 0.29) is 11.5 Å². The summed E-state index contributed by atoms with van der Waals surface area (Å²) in [5.74, 6) is -5.29. The predicted molar refractivity (Wildman–Crippen MR) is 125 cm³/mol. The molecule has 0 spiro atoms. The summed E-state index contributed by atoms with van der Waals surface area (Å²) in [5.41, 5.74) is -1.82. The molecule has 2 aromatic rings. The van der Waals surface area contributed by atoms with Crippen molar-refractivity contribution >= 4 is 30.1 Å². The van der Waals surface area contributed by atoms with Crippen molar-refractivity contribution in [2.24, 2.45) is 0 Å². The van der Waals surface area contributed by atoms with Crippen LogP contribution in [0.5, 0.6) is 23.0 Å². The minimum atomic E-state index is -2.46. The van der Waals surface area contributed by atoms with Crippen molar-refractivity contribution in [3.63, 3.8) is 0 Å². The molecule has 0 aliphatic heterocycles. The Bertz CT molecular complexity index is 1250. The molecule has 196 valence electrons. The minimum Gasteiger partial charge on any atom is -0.504 e. The second-order valence-corrected chi connectivity index (χ2v) is 8.35. The van der Waals surface area contributed by atoms with Gasteiger partial charge in [-0.05, 0) is 47.5 Å². The SMILES string of the molecule is O=C(/C=C/c1ccc(O)c(O)c1)OC1C[C@@](O)(C(=O)O)C[C@@H](O)[C@H]1OC(=O)/C=C/c1ccc(O)c(O)c1. The van der Waals surface area contributed by atoms with Crippen molar-refractivity contribution in [2.75, 3.05) is 0 Å². The van der Waals surface area contributed by atoms with Crippen LogP contribution in [0.25, 0.3) is 12.2 Å². The van der Waals surface area contributed by atoms with Gasteiger partial charge in [-0.25, -0.2) is 14.4 Å². The van der Waals surface area contributed by atoms with Gasteiger partial charge in [-0.3, -0.25) is 0 Å². The Kier molecular flexibility index (Phi) is 8.05. The minimum absolute atomic E-state index is 0.311. The zero-order valence-electron chi connectivity index (χ0n) is 19.1. The molecule has 7 N–H and O–H groups in total. The van der Waals surface area contributed by atoms with Gasteiger partial charge < -0.3 is 45.2 Å². The molecule has 0 aromatic heterocycles. The summed E-state index contributed by atoms with van der Waals surface area (Å²) < 4.78 is 10.4. The van der Waals surface area contributed by atoms with Gasteiger partial charge in [0.2, 0.25) is 0 Å². The van der Waals surface area contributed by atoms with Crippen molar-refractivity contribution < 1.29 is 59.6 Å². The third kappa shape index (κ3) is 6.78. The number of carbonyl (C=O) groups is 3. The Morgan fingerprint density at radius 3 is 1.73 bits per heavy atom. The maximum atomic E-state index is 12.4. The van der Waals surface area contributed by atoms with E-state index < -0.39 is 66.2 Å². The molecule has 37 heavy (non-hydrogen) atoms. The highest BCUT2D eigenvalue weighted by Crippen LogP contribution is 2.33. The highest BCUT2D eigenvalue weighted by atomic mass is 16.6. The Labute approximate surface area is 209 Å². The lowest BCUT2D eigenvalue weighted by molar-refractivity contribution is -0.204. The van der Waals surface area contributed by atoms with Gasteiger partial charge >= 0.3 is 17.9 Å². The summed E-state index contributed by atoms with van der Waals surface area (Å²) in [5, 5.41) is 68.0. The van der Waals surface area contributed by atoms with Gasteiger partial charge in [-0.1, -0.05) is 12.1 Å². The van der Waals surface area contributed by atoms with Crippen LogP contribution in [0.1, 0.15) is 24.0 Å². The molecule has 3 rings (SSSR count). The van der Waals surface area contributed by atoms with Crippen molar-refractivity contribution in [1.29, 1.82) is 0 Å². The number of carboxylic acid groups (broad SMARTS) is 1. The van der Waals surface area contributed by atoms with E-state index in [4.69, 9.17) is 9.47 Å². The Morgan fingerprint density at radius 1 is 0.784 bits per heavy atom. The first-order valence-corrected chi connectivity index (χ1v) is 10.8. The van der Waals surface area contributed by atoms with Crippen LogP contribution >= 0.6 is 0 Å². The molecular weight excluding hydrogens is 492 g/mol. The third-order valence-electron chi connectivity index (χ3n) is 5.57. The van der Waals surface area contributed by atoms with E-state index in [0.717, 1.165) is 18.2 Å². The maximum Gasteiger partial charge on any atom is 0.335 e. The van der Waals surface area contributed by atoms with Crippen LogP contribution in [0.2, 0.25) is 0 Å². The van der Waals surface area contributed by atoms with Gasteiger partial charge in [0.05, 0.1) is 6.10 Å². The highest BCUT2D eigenvalue weighted by molar-refractivity contribution is 5.88. The average Bonchev–Trinajstić information content (AvgIpc) is 2.82. The number of carboxylic acids is 1. The van der Waals surface area contributed by atoms with Crippen molar-refractivity contribution in [3.05, 3.63) is 59.7 Å². The van der Waals surface area contributed by atoms with E-state index in [1.807, 2.05) is 0 Å². The number of rotatable bonds is 7. The van der Waals surface area contributed by atoms with Crippen molar-refractivity contribution in [2.45, 2.75) is 36.8 Å². The van der Waals surface area contributed by atoms with E-state index in [9.17, 15) is 50.1 Å². The Hall–Kier alpha value is -4.55. The van der Waals surface area contributed by atoms with Gasteiger partial charge in [-0.2, -0.15) is 0 Å². The monoisotopic (exact) mass is 516 g/mol. The predicted octanol–water partition coefficient (Wildman–Crippen LogP) is 1.03. The van der Waals surface area contributed by atoms with E-state index >= 15 is 0 Å². The van der Waals surface area contributed by atoms with Crippen LogP contribution < -0.4 is 0 Å². The molecule has 1 saturated carbocycles. The second kappa shape index (κ2) is 11.0. The lowest BCUT2D eigenvalue weighted by atomic mass is 9.79. The zero-order chi connectivity index (χ0) is 27.3. The van der Waals surface area contributed by atoms with E-state index in [1.165, 1.54) is 42.5 Å². The molecule has 0 amide bonds. The highest BCUT2D eigenvalue weighted by Gasteiger charge is 2.52. The number of hydrogen-bond acceptors (Lipinski definition) is 11. The lowest BCUT2D eigenvalue weighted by Crippen LogP contribution is -2.58. The third-order valence-corrected chi connectivity index (χ3v) is 5.57. The first kappa shape index (κ1) is 27.0. The van der Waals surface area contributed by atoms with Crippen LogP contribution in [0.4, 0.5) is 0 Å². The number of aliphatic hydroxyl groups is 2. The number of benzene rings is 2. The van der Waals surface area contributed by atoms with Crippen LogP contribution in [-0.4, -0.2) is 77.6 Å². The van der Waals surface area contributed by atoms with Crippen LogP contribution in [0.15, 0.2) is 48.6 Å². The molecule has 4 atom stereocenters. The number of aliphatic carboxylic acids is 1. The average molecular weight is 516 g/mol. The molecule has 2 aromatic carbocycles. The van der Waals surface area contributed by atoms with Gasteiger partial charge in [0, 0.05) is 25.0 Å². The number of aliphatic hydroxyl groups excluding tert-OH is 1. The first-order valence-electron chi connectivity index (χ1n) is 10.8. The topological polar surface area (TPSA) is 211 Å². The molecular formula is C25H24O12. The van der Waals surface area contributed by atoms with Crippen LogP contribution in [-0.2, 0) is 23.9 Å². The van der Waals surface area contributed by atoms with Crippen LogP contribution in [0.3, 0.4) is 0 Å². The molecule has 12 nitrogen and oxygen atoms in total. The molecule has 1 unspecified atom stereocenters. The van der Waals surface area contributed by atoms with E-state index in [1.54, 1.807) is 0 Å². The number of hydrogen-bond donors (Lipinski definition) is 7. The summed E-state index contributed by atoms with van der Waals surface area (Å²) >= 11 is 0. The van der Waals surface area contributed by atoms with Crippen LogP contribution in [0, 0.1) is 0 Å². The summed E-state index contributed by atoms with van der Waals surface area (Å²) in [4.78, 5) is 36.3. The quantitative estimate of drug-likeness (QED) is 0.156. The number of carbonyl (C=O) groups excluding carboxylic acids is 2. The first-order chi connectivity index (χ1) is 17.4. The standard InChI is InChI=1S/C25H24O12/c26-15-5-1-13(9-17(15)28)3-7-21(31)36-20-12-25(35,24(33)34)11-19(30)23(20)37-22(32)8-4-14-2-6-16(27)18(29)10-14/h1-10,19-20,23,26-30,35H,11-12H2,(H,33,34)/b7-3+,8-4+/t19-,20?,23-,25-/m1/s1. The molecule has 1 aliphatic carbocycles. The summed E-state index contributed by atoms with van der Waals surface area (Å²) in [7, 11) is 0. The fraction of sp³-hybridized carbons (Fsp3) is 0.240.